The molecule has 0 radical (unpaired) electrons. The molecular formula is C18H21N3. The summed E-state index contributed by atoms with van der Waals surface area (Å²) < 4.78 is 0. The molecule has 3 nitrogen and oxygen atoms in total. The third kappa shape index (κ3) is 2.64. The highest BCUT2D eigenvalue weighted by Gasteiger charge is 2.19. The minimum atomic E-state index is 0.145. The number of hydrogen-bond acceptors (Lipinski definition) is 2. The minimum absolute atomic E-state index is 0.145. The fourth-order valence-corrected chi connectivity index (χ4v) is 3.19. The number of hydrogen-bond donors (Lipinski definition) is 2. The van der Waals surface area contributed by atoms with Crippen molar-refractivity contribution in [3.05, 3.63) is 64.7 Å². The van der Waals surface area contributed by atoms with Gasteiger partial charge in [0.1, 0.15) is 5.84 Å². The lowest BCUT2D eigenvalue weighted by Crippen LogP contribution is -2.27. The number of rotatable bonds is 2. The molecule has 0 unspecified atom stereocenters. The van der Waals surface area contributed by atoms with Crippen LogP contribution in [0.25, 0.3) is 0 Å². The number of nitrogen functional groups attached to an aromatic ring is 1. The number of fused-ring (bicyclic) bond motifs is 1. The lowest BCUT2D eigenvalue weighted by Gasteiger charge is -2.27. The fraction of sp³-hybridized carbons (Fsp3) is 0.278. The van der Waals surface area contributed by atoms with E-state index in [4.69, 9.17) is 11.1 Å². The maximum absolute atomic E-state index is 7.84. The van der Waals surface area contributed by atoms with Crippen LogP contribution in [0.1, 0.15) is 28.7 Å². The van der Waals surface area contributed by atoms with E-state index in [2.05, 4.69) is 42.2 Å². The van der Waals surface area contributed by atoms with Gasteiger partial charge in [0.2, 0.25) is 0 Å². The van der Waals surface area contributed by atoms with Crippen LogP contribution in [-0.4, -0.2) is 12.4 Å². The molecule has 0 amide bonds. The molecule has 1 aliphatic heterocycles. The molecule has 0 fully saturated rings. The Labute approximate surface area is 125 Å². The Balaban J connectivity index is 2.04. The Morgan fingerprint density at radius 1 is 1.10 bits per heavy atom. The van der Waals surface area contributed by atoms with Crippen LogP contribution >= 0.6 is 0 Å². The normalized spacial score (nSPS) is 14.4. The SMILES string of the molecule is Cc1cccc(C(=N)N)c1N1CCCc2ccccc2C1. The Bertz CT molecular complexity index is 676. The van der Waals surface area contributed by atoms with E-state index in [1.165, 1.54) is 16.7 Å². The molecule has 3 heteroatoms. The average Bonchev–Trinajstić information content (AvgIpc) is 2.68. The molecule has 0 spiro atoms. The molecule has 2 aromatic rings. The molecule has 1 aliphatic rings. The number of amidine groups is 1. The molecule has 21 heavy (non-hydrogen) atoms. The highest BCUT2D eigenvalue weighted by atomic mass is 15.1. The molecule has 108 valence electrons. The van der Waals surface area contributed by atoms with Gasteiger partial charge in [-0.1, -0.05) is 36.4 Å². The highest BCUT2D eigenvalue weighted by Crippen LogP contribution is 2.29. The smallest absolute Gasteiger partial charge is 0.124 e. The van der Waals surface area contributed by atoms with Crippen molar-refractivity contribution < 1.29 is 0 Å². The van der Waals surface area contributed by atoms with Gasteiger partial charge in [0.05, 0.1) is 5.69 Å². The molecular weight excluding hydrogens is 258 g/mol. The molecule has 0 saturated heterocycles. The van der Waals surface area contributed by atoms with Gasteiger partial charge < -0.3 is 10.6 Å². The first-order valence-electron chi connectivity index (χ1n) is 7.42. The van der Waals surface area contributed by atoms with Crippen LogP contribution in [0.4, 0.5) is 5.69 Å². The van der Waals surface area contributed by atoms with Gasteiger partial charge in [-0.05, 0) is 42.5 Å². The zero-order valence-corrected chi connectivity index (χ0v) is 12.4. The number of nitrogens with two attached hydrogens (primary N) is 1. The van der Waals surface area contributed by atoms with Crippen molar-refractivity contribution in [2.24, 2.45) is 5.73 Å². The number of nitrogens with zero attached hydrogens (tertiary/aromatic N) is 1. The Kier molecular flexibility index (Phi) is 3.65. The Morgan fingerprint density at radius 2 is 1.86 bits per heavy atom. The fourth-order valence-electron chi connectivity index (χ4n) is 3.19. The number of anilines is 1. The summed E-state index contributed by atoms with van der Waals surface area (Å²) in [6.07, 6.45) is 2.25. The first kappa shape index (κ1) is 13.7. The molecule has 2 aromatic carbocycles. The lowest BCUT2D eigenvalue weighted by molar-refractivity contribution is 0.763. The second kappa shape index (κ2) is 5.60. The Morgan fingerprint density at radius 3 is 2.62 bits per heavy atom. The van der Waals surface area contributed by atoms with E-state index in [0.717, 1.165) is 37.2 Å². The Hall–Kier alpha value is -2.29. The first-order chi connectivity index (χ1) is 10.2. The van der Waals surface area contributed by atoms with Gasteiger partial charge >= 0.3 is 0 Å². The summed E-state index contributed by atoms with van der Waals surface area (Å²) >= 11 is 0. The summed E-state index contributed by atoms with van der Waals surface area (Å²) in [5.41, 5.74) is 11.7. The number of para-hydroxylation sites is 1. The van der Waals surface area contributed by atoms with Crippen LogP contribution < -0.4 is 10.6 Å². The largest absolute Gasteiger partial charge is 0.384 e. The summed E-state index contributed by atoms with van der Waals surface area (Å²) in [5, 5.41) is 7.84. The molecule has 0 atom stereocenters. The second-order valence-corrected chi connectivity index (χ2v) is 5.68. The van der Waals surface area contributed by atoms with Crippen LogP contribution in [0.15, 0.2) is 42.5 Å². The van der Waals surface area contributed by atoms with Gasteiger partial charge in [-0.3, -0.25) is 5.41 Å². The van der Waals surface area contributed by atoms with Crippen molar-refractivity contribution in [1.82, 2.24) is 0 Å². The molecule has 0 bridgehead atoms. The van der Waals surface area contributed by atoms with Gasteiger partial charge in [0, 0.05) is 18.7 Å². The van der Waals surface area contributed by atoms with Gasteiger partial charge in [0.15, 0.2) is 0 Å². The van der Waals surface area contributed by atoms with Crippen molar-refractivity contribution in [2.45, 2.75) is 26.3 Å². The van der Waals surface area contributed by atoms with Gasteiger partial charge in [-0.15, -0.1) is 0 Å². The van der Waals surface area contributed by atoms with Crippen molar-refractivity contribution in [2.75, 3.05) is 11.4 Å². The maximum Gasteiger partial charge on any atom is 0.124 e. The zero-order chi connectivity index (χ0) is 14.8. The van der Waals surface area contributed by atoms with E-state index in [1.807, 2.05) is 12.1 Å². The number of aryl methyl sites for hydroxylation is 2. The second-order valence-electron chi connectivity index (χ2n) is 5.68. The van der Waals surface area contributed by atoms with Crippen LogP contribution in [0.5, 0.6) is 0 Å². The highest BCUT2D eigenvalue weighted by molar-refractivity contribution is 6.01. The summed E-state index contributed by atoms with van der Waals surface area (Å²) in [4.78, 5) is 2.37. The third-order valence-electron chi connectivity index (χ3n) is 4.20. The summed E-state index contributed by atoms with van der Waals surface area (Å²) in [5.74, 6) is 0.145. The summed E-state index contributed by atoms with van der Waals surface area (Å²) in [7, 11) is 0. The van der Waals surface area contributed by atoms with Crippen LogP contribution in [0, 0.1) is 12.3 Å². The summed E-state index contributed by atoms with van der Waals surface area (Å²) in [6.45, 7) is 3.99. The van der Waals surface area contributed by atoms with E-state index < -0.39 is 0 Å². The van der Waals surface area contributed by atoms with Crippen molar-refractivity contribution in [3.8, 4) is 0 Å². The number of nitrogens with one attached hydrogen (secondary N) is 1. The van der Waals surface area contributed by atoms with Crippen LogP contribution in [0.2, 0.25) is 0 Å². The number of benzene rings is 2. The maximum atomic E-state index is 7.84. The van der Waals surface area contributed by atoms with E-state index in [-0.39, 0.29) is 5.84 Å². The molecule has 1 heterocycles. The quantitative estimate of drug-likeness (QED) is 0.655. The molecule has 3 N–H and O–H groups in total. The molecule has 3 rings (SSSR count). The molecule has 0 aliphatic carbocycles. The minimum Gasteiger partial charge on any atom is -0.384 e. The average molecular weight is 279 g/mol. The van der Waals surface area contributed by atoms with Crippen molar-refractivity contribution in [1.29, 1.82) is 5.41 Å². The third-order valence-corrected chi connectivity index (χ3v) is 4.20. The topological polar surface area (TPSA) is 53.1 Å². The molecule has 0 saturated carbocycles. The van der Waals surface area contributed by atoms with Gasteiger partial charge in [-0.25, -0.2) is 0 Å². The van der Waals surface area contributed by atoms with E-state index >= 15 is 0 Å². The lowest BCUT2D eigenvalue weighted by atomic mass is 10.0. The predicted molar refractivity (Wildman–Crippen MR) is 88.0 cm³/mol. The standard InChI is InChI=1S/C18H21N3/c1-13-6-4-10-16(18(19)20)17(13)21-11-5-9-14-7-2-3-8-15(14)12-21/h2-4,6-8,10H,5,9,11-12H2,1H3,(H3,19,20). The summed E-state index contributed by atoms with van der Waals surface area (Å²) in [6, 6.07) is 14.7. The van der Waals surface area contributed by atoms with Gasteiger partial charge in [0.25, 0.3) is 0 Å². The zero-order valence-electron chi connectivity index (χ0n) is 12.4. The van der Waals surface area contributed by atoms with Crippen molar-refractivity contribution >= 4 is 11.5 Å². The van der Waals surface area contributed by atoms with E-state index in [9.17, 15) is 0 Å². The van der Waals surface area contributed by atoms with Crippen molar-refractivity contribution in [3.63, 3.8) is 0 Å². The molecule has 0 aromatic heterocycles. The predicted octanol–water partition coefficient (Wildman–Crippen LogP) is 3.23. The van der Waals surface area contributed by atoms with E-state index in [1.54, 1.807) is 0 Å². The van der Waals surface area contributed by atoms with E-state index in [0.29, 0.717) is 0 Å². The monoisotopic (exact) mass is 279 g/mol. The van der Waals surface area contributed by atoms with Crippen LogP contribution in [-0.2, 0) is 13.0 Å². The van der Waals surface area contributed by atoms with Gasteiger partial charge in [-0.2, -0.15) is 0 Å². The van der Waals surface area contributed by atoms with Crippen LogP contribution in [0.3, 0.4) is 0 Å². The first-order valence-corrected chi connectivity index (χ1v) is 7.42.